The largest absolute Gasteiger partial charge is 0.354 e. The second kappa shape index (κ2) is 8.15. The number of amides is 3. The summed E-state index contributed by atoms with van der Waals surface area (Å²) in [5, 5.41) is 5.12. The molecule has 1 N–H and O–H groups in total. The van der Waals surface area contributed by atoms with E-state index in [0.29, 0.717) is 24.4 Å². The third kappa shape index (κ3) is 3.51. The zero-order valence-electron chi connectivity index (χ0n) is 18.9. The zero-order chi connectivity index (χ0) is 22.5. The molecule has 3 heterocycles. The molecule has 3 saturated heterocycles. The van der Waals surface area contributed by atoms with Crippen molar-refractivity contribution in [2.45, 2.75) is 75.5 Å². The Balaban J connectivity index is 1.34. The van der Waals surface area contributed by atoms with E-state index in [0.717, 1.165) is 49.3 Å². The second-order valence-electron chi connectivity index (χ2n) is 10.3. The van der Waals surface area contributed by atoms with E-state index in [1.807, 2.05) is 52.3 Å². The van der Waals surface area contributed by atoms with Crippen LogP contribution in [0.15, 0.2) is 42.5 Å². The molecule has 6 heteroatoms. The molecule has 2 aromatic rings. The lowest BCUT2D eigenvalue weighted by Gasteiger charge is -2.36. The number of nitrogens with zero attached hydrogens (tertiary/aromatic N) is 2. The molecular weight excluding hydrogens is 414 g/mol. The lowest BCUT2D eigenvalue weighted by molar-refractivity contribution is -0.138. The van der Waals surface area contributed by atoms with Gasteiger partial charge >= 0.3 is 0 Å². The highest BCUT2D eigenvalue weighted by Crippen LogP contribution is 2.42. The average Bonchev–Trinajstić information content (AvgIpc) is 3.37. The van der Waals surface area contributed by atoms with Gasteiger partial charge in [0.25, 0.3) is 5.91 Å². The maximum absolute atomic E-state index is 14.0. The Morgan fingerprint density at radius 2 is 1.67 bits per heavy atom. The van der Waals surface area contributed by atoms with Gasteiger partial charge in [0.1, 0.15) is 6.04 Å². The molecule has 4 fully saturated rings. The maximum Gasteiger partial charge on any atom is 0.254 e. The quantitative estimate of drug-likeness (QED) is 0.769. The van der Waals surface area contributed by atoms with Gasteiger partial charge in [0, 0.05) is 36.7 Å². The third-order valence-electron chi connectivity index (χ3n) is 8.43. The van der Waals surface area contributed by atoms with Crippen LogP contribution in [0, 0.1) is 5.92 Å². The summed E-state index contributed by atoms with van der Waals surface area (Å²) in [4.78, 5) is 44.0. The van der Waals surface area contributed by atoms with Gasteiger partial charge in [-0.1, -0.05) is 43.2 Å². The zero-order valence-corrected chi connectivity index (χ0v) is 18.9. The molecular formula is C27H31N3O3. The minimum atomic E-state index is -0.423. The van der Waals surface area contributed by atoms with Crippen LogP contribution in [0.25, 0.3) is 10.8 Å². The van der Waals surface area contributed by atoms with Crippen molar-refractivity contribution in [3.8, 4) is 0 Å². The van der Waals surface area contributed by atoms with Crippen molar-refractivity contribution in [3.63, 3.8) is 0 Å². The Bertz CT molecular complexity index is 1110. The Morgan fingerprint density at radius 1 is 0.879 bits per heavy atom. The highest BCUT2D eigenvalue weighted by atomic mass is 16.2. The molecule has 0 radical (unpaired) electrons. The monoisotopic (exact) mass is 445 g/mol. The Morgan fingerprint density at radius 3 is 2.55 bits per heavy atom. The Kier molecular flexibility index (Phi) is 5.11. The number of rotatable bonds is 2. The smallest absolute Gasteiger partial charge is 0.254 e. The summed E-state index contributed by atoms with van der Waals surface area (Å²) in [6.07, 6.45) is 7.27. The van der Waals surface area contributed by atoms with Gasteiger partial charge in [0.2, 0.25) is 11.8 Å². The van der Waals surface area contributed by atoms with Crippen LogP contribution in [0.4, 0.5) is 0 Å². The summed E-state index contributed by atoms with van der Waals surface area (Å²) in [5.41, 5.74) is 0.661. The number of carbonyl (C=O) groups is 3. The normalized spacial score (nSPS) is 31.3. The van der Waals surface area contributed by atoms with Crippen LogP contribution in [-0.2, 0) is 9.59 Å². The van der Waals surface area contributed by atoms with Gasteiger partial charge in [-0.2, -0.15) is 0 Å². The minimum Gasteiger partial charge on any atom is -0.354 e. The number of hydrogen-bond acceptors (Lipinski definition) is 3. The molecule has 2 aromatic carbocycles. The summed E-state index contributed by atoms with van der Waals surface area (Å²) in [6, 6.07) is 13.7. The first-order valence-corrected chi connectivity index (χ1v) is 12.5. The first-order valence-electron chi connectivity index (χ1n) is 12.5. The van der Waals surface area contributed by atoms with Crippen molar-refractivity contribution >= 4 is 28.5 Å². The minimum absolute atomic E-state index is 0.0233. The molecule has 5 atom stereocenters. The van der Waals surface area contributed by atoms with Gasteiger partial charge in [0.05, 0.1) is 0 Å². The highest BCUT2D eigenvalue weighted by molar-refractivity contribution is 6.01. The SMILES string of the molecule is O=C1CC2CCC(CN1)N2C(=O)[C@@H]1C[C@@H]2CCCC[C@@H]2N1C(=O)c1ccc2ccccc2c1. The van der Waals surface area contributed by atoms with E-state index in [9.17, 15) is 14.4 Å². The van der Waals surface area contributed by atoms with Gasteiger partial charge < -0.3 is 15.1 Å². The van der Waals surface area contributed by atoms with Crippen molar-refractivity contribution in [1.29, 1.82) is 0 Å². The Hall–Kier alpha value is -2.89. The van der Waals surface area contributed by atoms with E-state index in [4.69, 9.17) is 0 Å². The molecule has 172 valence electrons. The molecule has 0 spiro atoms. The van der Waals surface area contributed by atoms with Crippen molar-refractivity contribution in [3.05, 3.63) is 48.0 Å². The fourth-order valence-electron chi connectivity index (χ4n) is 6.86. The predicted octanol–water partition coefficient (Wildman–Crippen LogP) is 3.49. The van der Waals surface area contributed by atoms with Gasteiger partial charge in [-0.3, -0.25) is 14.4 Å². The fourth-order valence-corrected chi connectivity index (χ4v) is 6.86. The van der Waals surface area contributed by atoms with E-state index < -0.39 is 6.04 Å². The van der Waals surface area contributed by atoms with Crippen LogP contribution in [0.2, 0.25) is 0 Å². The summed E-state index contributed by atoms with van der Waals surface area (Å²) < 4.78 is 0. The molecule has 0 aromatic heterocycles. The van der Waals surface area contributed by atoms with Crippen molar-refractivity contribution in [2.75, 3.05) is 6.54 Å². The summed E-state index contributed by atoms with van der Waals surface area (Å²) in [7, 11) is 0. The van der Waals surface area contributed by atoms with Gasteiger partial charge in [-0.25, -0.2) is 0 Å². The lowest BCUT2D eigenvalue weighted by Crippen LogP contribution is -2.54. The fraction of sp³-hybridized carbons (Fsp3) is 0.519. The second-order valence-corrected chi connectivity index (χ2v) is 10.3. The topological polar surface area (TPSA) is 69.7 Å². The van der Waals surface area contributed by atoms with E-state index in [1.54, 1.807) is 0 Å². The van der Waals surface area contributed by atoms with Gasteiger partial charge in [0.15, 0.2) is 0 Å². The van der Waals surface area contributed by atoms with Gasteiger partial charge in [-0.15, -0.1) is 0 Å². The van der Waals surface area contributed by atoms with E-state index in [-0.39, 0.29) is 35.8 Å². The highest BCUT2D eigenvalue weighted by Gasteiger charge is 2.51. The first-order chi connectivity index (χ1) is 16.1. The molecule has 2 bridgehead atoms. The van der Waals surface area contributed by atoms with Crippen LogP contribution in [-0.4, -0.2) is 58.2 Å². The number of carbonyl (C=O) groups excluding carboxylic acids is 3. The van der Waals surface area contributed by atoms with Crippen LogP contribution < -0.4 is 5.32 Å². The number of hydrogen-bond donors (Lipinski definition) is 1. The van der Waals surface area contributed by atoms with Crippen LogP contribution in [0.3, 0.4) is 0 Å². The average molecular weight is 446 g/mol. The van der Waals surface area contributed by atoms with Crippen molar-refractivity contribution in [2.24, 2.45) is 5.92 Å². The number of fused-ring (bicyclic) bond motifs is 4. The molecule has 1 saturated carbocycles. The molecule has 1 aliphatic carbocycles. The lowest BCUT2D eigenvalue weighted by atomic mass is 9.84. The predicted molar refractivity (Wildman–Crippen MR) is 126 cm³/mol. The number of likely N-dealkylation sites (tertiary alicyclic amines) is 1. The Labute approximate surface area is 194 Å². The molecule has 3 aliphatic heterocycles. The van der Waals surface area contributed by atoms with Crippen molar-refractivity contribution < 1.29 is 14.4 Å². The van der Waals surface area contributed by atoms with Crippen LogP contribution >= 0.6 is 0 Å². The van der Waals surface area contributed by atoms with E-state index in [2.05, 4.69) is 5.32 Å². The van der Waals surface area contributed by atoms with Crippen molar-refractivity contribution in [1.82, 2.24) is 15.1 Å². The number of benzene rings is 2. The molecule has 6 nitrogen and oxygen atoms in total. The summed E-state index contributed by atoms with van der Waals surface area (Å²) in [5.74, 6) is 0.457. The molecule has 3 amide bonds. The first kappa shape index (κ1) is 20.7. The molecule has 6 rings (SSSR count). The third-order valence-corrected chi connectivity index (χ3v) is 8.43. The molecule has 2 unspecified atom stereocenters. The van der Waals surface area contributed by atoms with E-state index in [1.165, 1.54) is 6.42 Å². The van der Waals surface area contributed by atoms with E-state index >= 15 is 0 Å². The summed E-state index contributed by atoms with van der Waals surface area (Å²) in [6.45, 7) is 0.527. The molecule has 33 heavy (non-hydrogen) atoms. The van der Waals surface area contributed by atoms with Crippen LogP contribution in [0.5, 0.6) is 0 Å². The van der Waals surface area contributed by atoms with Crippen LogP contribution in [0.1, 0.15) is 61.7 Å². The molecule has 4 aliphatic rings. The summed E-state index contributed by atoms with van der Waals surface area (Å²) >= 11 is 0. The number of nitrogens with one attached hydrogen (secondary N) is 1. The van der Waals surface area contributed by atoms with Gasteiger partial charge in [-0.05, 0) is 60.9 Å². The maximum atomic E-state index is 14.0. The standard InChI is InChI=1S/C27H31N3O3/c31-25-15-21-11-12-22(16-28-25)29(21)27(33)24-14-19-7-3-4-8-23(19)30(24)26(32)20-10-9-17-5-1-2-6-18(17)13-20/h1-2,5-6,9-10,13,19,21-24H,3-4,7-8,11-12,14-16H2,(H,28,31)/t19-,21?,22?,23-,24-/m0/s1.